The molecule has 1 atom stereocenters. The van der Waals surface area contributed by atoms with Crippen LogP contribution in [0.2, 0.25) is 0 Å². The molecule has 26 heavy (non-hydrogen) atoms. The summed E-state index contributed by atoms with van der Waals surface area (Å²) in [4.78, 5) is 15.0. The summed E-state index contributed by atoms with van der Waals surface area (Å²) in [5.74, 6) is 0.739. The Kier molecular flexibility index (Phi) is 7.73. The lowest BCUT2D eigenvalue weighted by Gasteiger charge is -2.39. The highest BCUT2D eigenvalue weighted by Gasteiger charge is 2.28. The fraction of sp³-hybridized carbons (Fsp3) is 0.476. The molecule has 0 aliphatic carbocycles. The predicted octanol–water partition coefficient (Wildman–Crippen LogP) is 4.05. The molecule has 1 aromatic heterocycles. The summed E-state index contributed by atoms with van der Waals surface area (Å²) in [6, 6.07) is 15.0. The van der Waals surface area contributed by atoms with Crippen molar-refractivity contribution >= 4 is 18.3 Å². The Morgan fingerprint density at radius 3 is 2.31 bits per heavy atom. The summed E-state index contributed by atoms with van der Waals surface area (Å²) < 4.78 is 1.96. The number of hydrogen-bond acceptors (Lipinski definition) is 2. The van der Waals surface area contributed by atoms with Gasteiger partial charge in [0.15, 0.2) is 0 Å². The third kappa shape index (κ3) is 4.89. The van der Waals surface area contributed by atoms with Crippen molar-refractivity contribution in [3.63, 3.8) is 0 Å². The van der Waals surface area contributed by atoms with E-state index in [1.807, 2.05) is 41.1 Å². The largest absolute Gasteiger partial charge is 0.303 e. The Hall–Kier alpha value is -1.78. The topological polar surface area (TPSA) is 28.5 Å². The molecule has 1 unspecified atom stereocenters. The number of carbonyl (C=O) groups excluding carboxylic acids is 1. The van der Waals surface area contributed by atoms with Crippen molar-refractivity contribution in [1.29, 1.82) is 0 Å². The number of rotatable bonds is 6. The number of nitrogens with zero attached hydrogens (tertiary/aromatic N) is 3. The van der Waals surface area contributed by atoms with Crippen LogP contribution in [0.25, 0.3) is 0 Å². The summed E-state index contributed by atoms with van der Waals surface area (Å²) in [6.45, 7) is 7.43. The molecule has 4 nitrogen and oxygen atoms in total. The van der Waals surface area contributed by atoms with Crippen LogP contribution < -0.4 is 5.01 Å². The van der Waals surface area contributed by atoms with Crippen LogP contribution in [0, 0.1) is 0 Å². The van der Waals surface area contributed by atoms with Gasteiger partial charge in [-0.2, -0.15) is 0 Å². The van der Waals surface area contributed by atoms with Crippen molar-refractivity contribution in [2.75, 3.05) is 24.6 Å². The number of piperidine rings is 1. The first-order valence-electron chi connectivity index (χ1n) is 9.41. The molecule has 0 N–H and O–H groups in total. The number of likely N-dealkylation sites (tertiary alicyclic amines) is 1. The minimum absolute atomic E-state index is 0. The van der Waals surface area contributed by atoms with Gasteiger partial charge in [-0.05, 0) is 36.5 Å². The summed E-state index contributed by atoms with van der Waals surface area (Å²) in [5.41, 5.74) is 1.40. The van der Waals surface area contributed by atoms with Crippen LogP contribution in [0.4, 0.5) is 0 Å². The van der Waals surface area contributed by atoms with E-state index in [1.54, 1.807) is 0 Å². The van der Waals surface area contributed by atoms with E-state index in [0.29, 0.717) is 18.4 Å². The summed E-state index contributed by atoms with van der Waals surface area (Å²) in [6.07, 6.45) is 6.55. The zero-order chi connectivity index (χ0) is 17.6. The lowest BCUT2D eigenvalue weighted by Crippen LogP contribution is -2.52. The first-order chi connectivity index (χ1) is 12.2. The molecule has 1 aromatic carbocycles. The molecule has 0 radical (unpaired) electrons. The minimum Gasteiger partial charge on any atom is -0.303 e. The third-order valence-electron chi connectivity index (χ3n) is 5.20. The van der Waals surface area contributed by atoms with E-state index < -0.39 is 0 Å². The van der Waals surface area contributed by atoms with Crippen LogP contribution in [-0.2, 0) is 4.79 Å². The van der Waals surface area contributed by atoms with E-state index >= 15 is 0 Å². The van der Waals surface area contributed by atoms with E-state index in [9.17, 15) is 4.79 Å². The molecule has 0 spiro atoms. The van der Waals surface area contributed by atoms with E-state index in [4.69, 9.17) is 0 Å². The normalized spacial score (nSPS) is 16.7. The molecule has 2 heterocycles. The van der Waals surface area contributed by atoms with Gasteiger partial charge in [-0.3, -0.25) is 9.47 Å². The molecule has 1 fully saturated rings. The fourth-order valence-electron chi connectivity index (χ4n) is 3.77. The Balaban J connectivity index is 0.00000243. The van der Waals surface area contributed by atoms with Crippen LogP contribution in [0.15, 0.2) is 54.9 Å². The second-order valence-electron chi connectivity index (χ2n) is 7.00. The van der Waals surface area contributed by atoms with Gasteiger partial charge in [0.2, 0.25) is 5.91 Å². The molecular weight excluding hydrogens is 346 g/mol. The predicted molar refractivity (Wildman–Crippen MR) is 110 cm³/mol. The van der Waals surface area contributed by atoms with Gasteiger partial charge in [-0.25, -0.2) is 5.01 Å². The van der Waals surface area contributed by atoms with E-state index in [2.05, 4.69) is 42.2 Å². The van der Waals surface area contributed by atoms with Crippen molar-refractivity contribution in [2.45, 2.75) is 45.1 Å². The van der Waals surface area contributed by atoms with Gasteiger partial charge in [0.1, 0.15) is 0 Å². The van der Waals surface area contributed by atoms with Crippen LogP contribution in [0.1, 0.15) is 44.6 Å². The molecule has 1 aliphatic rings. The standard InChI is InChI=1S/C21H29N3O.ClH/c1-3-21(25)24(23-13-7-8-14-23)20-11-15-22(16-12-20)17-18(2)19-9-5-4-6-10-19;/h4-10,13-14,18,20H,3,11-12,15-17H2,1-2H3;1H. The van der Waals surface area contributed by atoms with Crippen molar-refractivity contribution < 1.29 is 4.79 Å². The first-order valence-corrected chi connectivity index (χ1v) is 9.41. The Labute approximate surface area is 163 Å². The van der Waals surface area contributed by atoms with Crippen LogP contribution in [0.5, 0.6) is 0 Å². The van der Waals surface area contributed by atoms with Gasteiger partial charge in [0, 0.05) is 38.4 Å². The Morgan fingerprint density at radius 2 is 1.73 bits per heavy atom. The van der Waals surface area contributed by atoms with Crippen molar-refractivity contribution in [3.8, 4) is 0 Å². The molecular formula is C21H30ClN3O. The average Bonchev–Trinajstić information content (AvgIpc) is 3.18. The molecule has 1 aliphatic heterocycles. The van der Waals surface area contributed by atoms with Crippen molar-refractivity contribution in [3.05, 3.63) is 60.4 Å². The van der Waals surface area contributed by atoms with Crippen LogP contribution in [0.3, 0.4) is 0 Å². The summed E-state index contributed by atoms with van der Waals surface area (Å²) in [5, 5.41) is 1.96. The molecule has 3 rings (SSSR count). The molecule has 1 amide bonds. The Morgan fingerprint density at radius 1 is 1.12 bits per heavy atom. The SMILES string of the molecule is CCC(=O)N(C1CCN(CC(C)c2ccccc2)CC1)n1cccc1.Cl. The summed E-state index contributed by atoms with van der Waals surface area (Å²) >= 11 is 0. The van der Waals surface area contributed by atoms with Gasteiger partial charge in [-0.1, -0.05) is 44.2 Å². The number of hydrogen-bond donors (Lipinski definition) is 0. The highest BCUT2D eigenvalue weighted by molar-refractivity contribution is 5.86. The third-order valence-corrected chi connectivity index (χ3v) is 5.20. The van der Waals surface area contributed by atoms with Gasteiger partial charge >= 0.3 is 0 Å². The van der Waals surface area contributed by atoms with Gasteiger partial charge < -0.3 is 4.90 Å². The first kappa shape index (κ1) is 20.5. The lowest BCUT2D eigenvalue weighted by atomic mass is 9.98. The zero-order valence-electron chi connectivity index (χ0n) is 15.8. The average molecular weight is 376 g/mol. The minimum atomic E-state index is 0. The number of benzene rings is 1. The fourth-order valence-corrected chi connectivity index (χ4v) is 3.77. The molecule has 5 heteroatoms. The number of halogens is 1. The molecule has 0 bridgehead atoms. The van der Waals surface area contributed by atoms with E-state index in [-0.39, 0.29) is 18.3 Å². The quantitative estimate of drug-likeness (QED) is 0.761. The highest BCUT2D eigenvalue weighted by Crippen LogP contribution is 2.21. The van der Waals surface area contributed by atoms with E-state index in [0.717, 1.165) is 32.5 Å². The number of amides is 1. The Bertz CT molecular complexity index is 651. The molecule has 1 saturated heterocycles. The summed E-state index contributed by atoms with van der Waals surface area (Å²) in [7, 11) is 0. The molecule has 142 valence electrons. The smallest absolute Gasteiger partial charge is 0.241 e. The van der Waals surface area contributed by atoms with Crippen LogP contribution in [-0.4, -0.2) is 41.2 Å². The van der Waals surface area contributed by atoms with Crippen LogP contribution >= 0.6 is 12.4 Å². The van der Waals surface area contributed by atoms with Gasteiger partial charge in [0.05, 0.1) is 6.04 Å². The molecule has 0 saturated carbocycles. The second-order valence-corrected chi connectivity index (χ2v) is 7.00. The maximum Gasteiger partial charge on any atom is 0.241 e. The van der Waals surface area contributed by atoms with Gasteiger partial charge in [0.25, 0.3) is 0 Å². The van der Waals surface area contributed by atoms with E-state index in [1.165, 1.54) is 5.56 Å². The number of aromatic nitrogens is 1. The zero-order valence-corrected chi connectivity index (χ0v) is 16.6. The molecule has 2 aromatic rings. The van der Waals surface area contributed by atoms with Crippen molar-refractivity contribution in [1.82, 2.24) is 9.58 Å². The van der Waals surface area contributed by atoms with Crippen molar-refractivity contribution in [2.24, 2.45) is 0 Å². The maximum atomic E-state index is 12.4. The number of carbonyl (C=O) groups is 1. The van der Waals surface area contributed by atoms with Gasteiger partial charge in [-0.15, -0.1) is 12.4 Å². The maximum absolute atomic E-state index is 12.4. The second kappa shape index (κ2) is 9.79. The lowest BCUT2D eigenvalue weighted by molar-refractivity contribution is -0.120. The highest BCUT2D eigenvalue weighted by atomic mass is 35.5. The monoisotopic (exact) mass is 375 g/mol.